The Hall–Kier alpha value is -1.42. The van der Waals surface area contributed by atoms with Crippen molar-refractivity contribution in [1.82, 2.24) is 5.32 Å². The minimum atomic E-state index is -0.0668. The Morgan fingerprint density at radius 1 is 1.10 bits per heavy atom. The fourth-order valence-corrected chi connectivity index (χ4v) is 2.73. The van der Waals surface area contributed by atoms with Gasteiger partial charge in [0.25, 0.3) is 0 Å². The molecule has 0 saturated heterocycles. The number of benzene rings is 1. The smallest absolute Gasteiger partial charge is 0.204 e. The van der Waals surface area contributed by atoms with E-state index in [0.29, 0.717) is 0 Å². The third-order valence-electron chi connectivity index (χ3n) is 4.15. The largest absolute Gasteiger partial charge is 0.493 e. The van der Waals surface area contributed by atoms with Gasteiger partial charge in [0.2, 0.25) is 5.75 Å². The van der Waals surface area contributed by atoms with Crippen molar-refractivity contribution < 1.29 is 14.2 Å². The zero-order chi connectivity index (χ0) is 15.1. The lowest BCUT2D eigenvalue weighted by Crippen LogP contribution is -2.45. The second-order valence-electron chi connectivity index (χ2n) is 5.63. The predicted molar refractivity (Wildman–Crippen MR) is 84.5 cm³/mol. The maximum Gasteiger partial charge on any atom is 0.204 e. The molecule has 0 heterocycles. The highest BCUT2D eigenvalue weighted by atomic mass is 16.6. The van der Waals surface area contributed by atoms with Gasteiger partial charge in [0, 0.05) is 0 Å². The first-order valence-corrected chi connectivity index (χ1v) is 7.85. The number of hydrogen-bond acceptors (Lipinski definition) is 4. The van der Waals surface area contributed by atoms with E-state index < -0.39 is 0 Å². The summed E-state index contributed by atoms with van der Waals surface area (Å²) in [6.07, 6.45) is 5.61. The Balaban J connectivity index is 2.07. The maximum atomic E-state index is 6.37. The lowest BCUT2D eigenvalue weighted by Gasteiger charge is -2.42. The summed E-state index contributed by atoms with van der Waals surface area (Å²) < 4.78 is 17.2. The van der Waals surface area contributed by atoms with E-state index in [9.17, 15) is 0 Å². The van der Waals surface area contributed by atoms with Gasteiger partial charge in [-0.3, -0.25) is 0 Å². The normalized spacial score (nSPS) is 16.1. The summed E-state index contributed by atoms with van der Waals surface area (Å²) in [6.45, 7) is 4.24. The van der Waals surface area contributed by atoms with E-state index >= 15 is 0 Å². The monoisotopic (exact) mass is 293 g/mol. The van der Waals surface area contributed by atoms with E-state index in [-0.39, 0.29) is 5.60 Å². The van der Waals surface area contributed by atoms with E-state index in [1.54, 1.807) is 14.2 Å². The number of ether oxygens (including phenoxy) is 3. The number of rotatable bonds is 9. The lowest BCUT2D eigenvalue weighted by atomic mass is 9.77. The van der Waals surface area contributed by atoms with Crippen LogP contribution in [0.2, 0.25) is 0 Å². The molecule has 1 saturated carbocycles. The van der Waals surface area contributed by atoms with Gasteiger partial charge in [0.15, 0.2) is 11.5 Å². The van der Waals surface area contributed by atoms with E-state index in [1.165, 1.54) is 6.42 Å². The molecule has 1 aromatic rings. The van der Waals surface area contributed by atoms with Crippen LogP contribution in [0.1, 0.15) is 39.0 Å². The Labute approximate surface area is 127 Å². The van der Waals surface area contributed by atoms with Crippen molar-refractivity contribution in [3.05, 3.63) is 18.2 Å². The molecule has 1 N–H and O–H groups in total. The van der Waals surface area contributed by atoms with Crippen LogP contribution in [0.5, 0.6) is 17.2 Å². The van der Waals surface area contributed by atoms with Crippen LogP contribution < -0.4 is 19.5 Å². The van der Waals surface area contributed by atoms with Gasteiger partial charge in [-0.1, -0.05) is 13.0 Å². The third kappa shape index (κ3) is 3.82. The minimum absolute atomic E-state index is 0.0668. The van der Waals surface area contributed by atoms with Crippen LogP contribution in [0.4, 0.5) is 0 Å². The van der Waals surface area contributed by atoms with Gasteiger partial charge in [-0.05, 0) is 57.3 Å². The van der Waals surface area contributed by atoms with E-state index in [1.807, 2.05) is 18.2 Å². The summed E-state index contributed by atoms with van der Waals surface area (Å²) in [4.78, 5) is 0. The van der Waals surface area contributed by atoms with Gasteiger partial charge < -0.3 is 19.5 Å². The van der Waals surface area contributed by atoms with Gasteiger partial charge in [-0.15, -0.1) is 0 Å². The van der Waals surface area contributed by atoms with Crippen LogP contribution in [0.25, 0.3) is 0 Å². The van der Waals surface area contributed by atoms with Crippen molar-refractivity contribution in [1.29, 1.82) is 0 Å². The Morgan fingerprint density at radius 2 is 1.76 bits per heavy atom. The van der Waals surface area contributed by atoms with Crippen molar-refractivity contribution in [2.24, 2.45) is 0 Å². The van der Waals surface area contributed by atoms with Gasteiger partial charge in [0.1, 0.15) is 5.60 Å². The molecule has 1 aliphatic carbocycles. The highest BCUT2D eigenvalue weighted by Gasteiger charge is 2.40. The second kappa shape index (κ2) is 7.55. The molecule has 0 amide bonds. The molecule has 0 bridgehead atoms. The van der Waals surface area contributed by atoms with Crippen LogP contribution in [0.3, 0.4) is 0 Å². The Morgan fingerprint density at radius 3 is 2.24 bits per heavy atom. The average Bonchev–Trinajstić information content (AvgIpc) is 2.48. The molecule has 1 fully saturated rings. The standard InChI is InChI=1S/C17H27NO3/c1-4-12-18-13-11-17(9-6-10-17)21-16-14(19-2)7-5-8-15(16)20-3/h5,7-8,18H,4,6,9-13H2,1-3H3. The van der Waals surface area contributed by atoms with Crippen LogP contribution >= 0.6 is 0 Å². The second-order valence-corrected chi connectivity index (χ2v) is 5.63. The average molecular weight is 293 g/mol. The molecule has 0 radical (unpaired) electrons. The fourth-order valence-electron chi connectivity index (χ4n) is 2.73. The molecule has 0 spiro atoms. The summed E-state index contributed by atoms with van der Waals surface area (Å²) in [5.74, 6) is 2.21. The van der Waals surface area contributed by atoms with E-state index in [4.69, 9.17) is 14.2 Å². The highest BCUT2D eigenvalue weighted by Crippen LogP contribution is 2.45. The summed E-state index contributed by atoms with van der Waals surface area (Å²) in [6, 6.07) is 5.75. The Kier molecular flexibility index (Phi) is 5.74. The van der Waals surface area contributed by atoms with E-state index in [2.05, 4.69) is 12.2 Å². The first kappa shape index (κ1) is 16.0. The molecule has 4 nitrogen and oxygen atoms in total. The SMILES string of the molecule is CCCNCCC1(Oc2c(OC)cccc2OC)CCC1. The third-order valence-corrected chi connectivity index (χ3v) is 4.15. The molecule has 118 valence electrons. The summed E-state index contributed by atoms with van der Waals surface area (Å²) in [7, 11) is 3.33. The summed E-state index contributed by atoms with van der Waals surface area (Å²) in [5.41, 5.74) is -0.0668. The topological polar surface area (TPSA) is 39.7 Å². The molecular formula is C17H27NO3. The summed E-state index contributed by atoms with van der Waals surface area (Å²) in [5, 5.41) is 3.46. The fraction of sp³-hybridized carbons (Fsp3) is 0.647. The van der Waals surface area contributed by atoms with Crippen molar-refractivity contribution in [3.63, 3.8) is 0 Å². The maximum absolute atomic E-state index is 6.37. The zero-order valence-corrected chi connectivity index (χ0v) is 13.4. The van der Waals surface area contributed by atoms with Crippen LogP contribution in [0.15, 0.2) is 18.2 Å². The predicted octanol–water partition coefficient (Wildman–Crippen LogP) is 3.40. The first-order chi connectivity index (χ1) is 10.2. The molecule has 0 atom stereocenters. The first-order valence-electron chi connectivity index (χ1n) is 7.85. The molecule has 0 unspecified atom stereocenters. The van der Waals surface area contributed by atoms with Crippen LogP contribution in [0, 0.1) is 0 Å². The Bertz CT molecular complexity index is 421. The van der Waals surface area contributed by atoms with Gasteiger partial charge in [-0.2, -0.15) is 0 Å². The van der Waals surface area contributed by atoms with Crippen molar-refractivity contribution >= 4 is 0 Å². The molecule has 0 aromatic heterocycles. The van der Waals surface area contributed by atoms with Crippen molar-refractivity contribution in [2.45, 2.75) is 44.6 Å². The zero-order valence-electron chi connectivity index (χ0n) is 13.4. The molecule has 4 heteroatoms. The van der Waals surface area contributed by atoms with Crippen molar-refractivity contribution in [3.8, 4) is 17.2 Å². The molecule has 1 aliphatic rings. The van der Waals surface area contributed by atoms with Crippen LogP contribution in [-0.2, 0) is 0 Å². The molecular weight excluding hydrogens is 266 g/mol. The van der Waals surface area contributed by atoms with Crippen LogP contribution in [-0.4, -0.2) is 32.9 Å². The van der Waals surface area contributed by atoms with Gasteiger partial charge >= 0.3 is 0 Å². The molecule has 1 aromatic carbocycles. The number of para-hydroxylation sites is 1. The summed E-state index contributed by atoms with van der Waals surface area (Å²) >= 11 is 0. The number of hydrogen-bond donors (Lipinski definition) is 1. The van der Waals surface area contributed by atoms with E-state index in [0.717, 1.165) is 56.0 Å². The molecule has 0 aliphatic heterocycles. The number of nitrogens with one attached hydrogen (secondary N) is 1. The molecule has 2 rings (SSSR count). The highest BCUT2D eigenvalue weighted by molar-refractivity contribution is 5.51. The van der Waals surface area contributed by atoms with Crippen molar-refractivity contribution in [2.75, 3.05) is 27.3 Å². The number of methoxy groups -OCH3 is 2. The minimum Gasteiger partial charge on any atom is -0.493 e. The molecule has 21 heavy (non-hydrogen) atoms. The van der Waals surface area contributed by atoms with Gasteiger partial charge in [0.05, 0.1) is 14.2 Å². The quantitative estimate of drug-likeness (QED) is 0.708. The lowest BCUT2D eigenvalue weighted by molar-refractivity contribution is -0.0178. The van der Waals surface area contributed by atoms with Gasteiger partial charge in [-0.25, -0.2) is 0 Å².